The molecule has 0 radical (unpaired) electrons. The maximum absolute atomic E-state index is 13.2. The number of hydrogen-bond acceptors (Lipinski definition) is 4. The minimum atomic E-state index is -4.40. The Morgan fingerprint density at radius 2 is 1.96 bits per heavy atom. The molecule has 0 bridgehead atoms. The molecule has 0 spiro atoms. The number of hydrogen-bond donors (Lipinski definition) is 2. The van der Waals surface area contributed by atoms with Gasteiger partial charge in [-0.05, 0) is 36.4 Å². The number of alkyl halides is 2. The first kappa shape index (κ1) is 16.6. The first-order valence-corrected chi connectivity index (χ1v) is 6.94. The number of carboxylic acids is 1. The minimum absolute atomic E-state index is 0.106. The lowest BCUT2D eigenvalue weighted by atomic mass is 10.2. The Bertz CT molecular complexity index is 956. The van der Waals surface area contributed by atoms with Crippen LogP contribution in [0.25, 0.3) is 22.4 Å². The summed E-state index contributed by atoms with van der Waals surface area (Å²) in [5.41, 5.74) is 1.44. The predicted octanol–water partition coefficient (Wildman–Crippen LogP) is 3.43. The maximum atomic E-state index is 13.2. The van der Waals surface area contributed by atoms with Crippen LogP contribution < -0.4 is 9.47 Å². The molecule has 0 unspecified atom stereocenters. The van der Waals surface area contributed by atoms with Gasteiger partial charge < -0.3 is 19.6 Å². The maximum Gasteiger partial charge on any atom is 0.502 e. The van der Waals surface area contributed by atoms with Gasteiger partial charge in [0.2, 0.25) is 0 Å². The average molecular weight is 352 g/mol. The monoisotopic (exact) mass is 352 g/mol. The van der Waals surface area contributed by atoms with Crippen molar-refractivity contribution in [2.24, 2.45) is 0 Å². The van der Waals surface area contributed by atoms with Gasteiger partial charge in [-0.2, -0.15) is 8.78 Å². The van der Waals surface area contributed by atoms with Gasteiger partial charge in [0.15, 0.2) is 11.5 Å². The van der Waals surface area contributed by atoms with Crippen molar-refractivity contribution in [1.82, 2.24) is 9.97 Å². The van der Waals surface area contributed by atoms with Crippen molar-refractivity contribution in [3.63, 3.8) is 0 Å². The minimum Gasteiger partial charge on any atom is -0.493 e. The molecule has 0 aliphatic heterocycles. The van der Waals surface area contributed by atoms with E-state index in [0.29, 0.717) is 22.4 Å². The molecule has 0 saturated carbocycles. The summed E-state index contributed by atoms with van der Waals surface area (Å²) in [5.74, 6) is -3.04. The molecule has 0 atom stereocenters. The van der Waals surface area contributed by atoms with Gasteiger partial charge in [0, 0.05) is 5.56 Å². The number of fused-ring (bicyclic) bond motifs is 1. The lowest BCUT2D eigenvalue weighted by Gasteiger charge is -2.16. The van der Waals surface area contributed by atoms with E-state index in [1.807, 2.05) is 0 Å². The molecule has 0 aliphatic carbocycles. The van der Waals surface area contributed by atoms with E-state index in [-0.39, 0.29) is 5.75 Å². The quantitative estimate of drug-likeness (QED) is 0.735. The van der Waals surface area contributed by atoms with E-state index in [1.165, 1.54) is 37.4 Å². The molecule has 25 heavy (non-hydrogen) atoms. The molecule has 130 valence electrons. The summed E-state index contributed by atoms with van der Waals surface area (Å²) in [6.07, 6.45) is -4.40. The number of nitrogens with zero attached hydrogens (tertiary/aromatic N) is 1. The van der Waals surface area contributed by atoms with Gasteiger partial charge in [-0.25, -0.2) is 14.2 Å². The van der Waals surface area contributed by atoms with E-state index in [0.717, 1.165) is 6.07 Å². The second-order valence-electron chi connectivity index (χ2n) is 5.04. The van der Waals surface area contributed by atoms with Gasteiger partial charge in [0.25, 0.3) is 0 Å². The molecule has 0 aliphatic rings. The summed E-state index contributed by atoms with van der Waals surface area (Å²) in [6.45, 7) is 0. The van der Waals surface area contributed by atoms with Crippen LogP contribution >= 0.6 is 0 Å². The molecule has 1 aromatic heterocycles. The number of aliphatic carboxylic acids is 1. The van der Waals surface area contributed by atoms with Gasteiger partial charge in [-0.1, -0.05) is 0 Å². The number of halogens is 3. The fourth-order valence-corrected chi connectivity index (χ4v) is 2.20. The van der Waals surface area contributed by atoms with Crippen LogP contribution in [0.4, 0.5) is 13.2 Å². The highest BCUT2D eigenvalue weighted by Gasteiger charge is 2.43. The zero-order valence-corrected chi connectivity index (χ0v) is 12.7. The van der Waals surface area contributed by atoms with E-state index in [4.69, 9.17) is 9.84 Å². The van der Waals surface area contributed by atoms with Gasteiger partial charge in [-0.15, -0.1) is 0 Å². The lowest BCUT2D eigenvalue weighted by Crippen LogP contribution is -2.34. The van der Waals surface area contributed by atoms with E-state index in [2.05, 4.69) is 14.7 Å². The summed E-state index contributed by atoms with van der Waals surface area (Å²) < 4.78 is 48.9. The molecular weight excluding hydrogens is 341 g/mol. The summed E-state index contributed by atoms with van der Waals surface area (Å²) in [7, 11) is 1.22. The number of nitrogens with one attached hydrogen (secondary N) is 1. The number of methoxy groups -OCH3 is 1. The number of aromatic nitrogens is 2. The van der Waals surface area contributed by atoms with Crippen LogP contribution in [0.15, 0.2) is 36.4 Å². The fourth-order valence-electron chi connectivity index (χ4n) is 2.20. The van der Waals surface area contributed by atoms with Crippen molar-refractivity contribution < 1.29 is 32.5 Å². The summed E-state index contributed by atoms with van der Waals surface area (Å²) in [5, 5.41) is 8.44. The van der Waals surface area contributed by atoms with E-state index in [9.17, 15) is 18.0 Å². The SMILES string of the molecule is COc1cc(-c2nc3ccc(F)cc3[nH]2)ccc1OC(F)(F)C(=O)O. The molecule has 2 aromatic carbocycles. The molecule has 0 saturated heterocycles. The van der Waals surface area contributed by atoms with Crippen molar-refractivity contribution in [2.75, 3.05) is 7.11 Å². The van der Waals surface area contributed by atoms with Crippen LogP contribution in [-0.2, 0) is 4.79 Å². The third kappa shape index (κ3) is 3.21. The van der Waals surface area contributed by atoms with Crippen molar-refractivity contribution in [1.29, 1.82) is 0 Å². The Labute approximate surface area is 138 Å². The number of H-pyrrole nitrogens is 1. The molecule has 3 aromatic rings. The standard InChI is InChI=1S/C16H11F3N2O4/c1-24-13-6-8(2-5-12(13)25-16(18,19)15(22)23)14-20-10-4-3-9(17)7-11(10)21-14/h2-7H,1H3,(H,20,21)(H,22,23). The number of rotatable bonds is 5. The Kier molecular flexibility index (Phi) is 3.99. The Hall–Kier alpha value is -3.23. The van der Waals surface area contributed by atoms with Crippen LogP contribution in [-0.4, -0.2) is 34.3 Å². The van der Waals surface area contributed by atoms with Crippen LogP contribution in [0.5, 0.6) is 11.5 Å². The highest BCUT2D eigenvalue weighted by Crippen LogP contribution is 2.35. The van der Waals surface area contributed by atoms with Gasteiger partial charge in [0.05, 0.1) is 18.1 Å². The van der Waals surface area contributed by atoms with Crippen LogP contribution in [0.1, 0.15) is 0 Å². The molecule has 1 heterocycles. The van der Waals surface area contributed by atoms with Crippen molar-refractivity contribution in [2.45, 2.75) is 6.11 Å². The Morgan fingerprint density at radius 1 is 1.20 bits per heavy atom. The number of aromatic amines is 1. The molecule has 0 fully saturated rings. The predicted molar refractivity (Wildman–Crippen MR) is 81.3 cm³/mol. The average Bonchev–Trinajstić information content (AvgIpc) is 2.97. The van der Waals surface area contributed by atoms with E-state index < -0.39 is 23.6 Å². The molecule has 3 rings (SSSR count). The topological polar surface area (TPSA) is 84.4 Å². The second-order valence-corrected chi connectivity index (χ2v) is 5.04. The summed E-state index contributed by atoms with van der Waals surface area (Å²) >= 11 is 0. The highest BCUT2D eigenvalue weighted by molar-refractivity contribution is 5.80. The first-order chi connectivity index (χ1) is 11.8. The number of carbonyl (C=O) groups is 1. The molecule has 6 nitrogen and oxygen atoms in total. The highest BCUT2D eigenvalue weighted by atomic mass is 19.3. The van der Waals surface area contributed by atoms with Gasteiger partial charge >= 0.3 is 12.1 Å². The zero-order valence-electron chi connectivity index (χ0n) is 12.7. The van der Waals surface area contributed by atoms with E-state index in [1.54, 1.807) is 0 Å². The van der Waals surface area contributed by atoms with Crippen molar-refractivity contribution in [3.8, 4) is 22.9 Å². The number of ether oxygens (including phenoxy) is 2. The largest absolute Gasteiger partial charge is 0.502 e. The first-order valence-electron chi connectivity index (χ1n) is 6.94. The van der Waals surface area contributed by atoms with Crippen molar-refractivity contribution in [3.05, 3.63) is 42.2 Å². The van der Waals surface area contributed by atoms with E-state index >= 15 is 0 Å². The van der Waals surface area contributed by atoms with Gasteiger partial charge in [0.1, 0.15) is 11.6 Å². The third-order valence-electron chi connectivity index (χ3n) is 3.37. The number of benzene rings is 2. The summed E-state index contributed by atoms with van der Waals surface area (Å²) in [6, 6.07) is 7.91. The zero-order chi connectivity index (χ0) is 18.2. The molecule has 9 heteroatoms. The summed E-state index contributed by atoms with van der Waals surface area (Å²) in [4.78, 5) is 17.7. The fraction of sp³-hybridized carbons (Fsp3) is 0.125. The van der Waals surface area contributed by atoms with Gasteiger partial charge in [-0.3, -0.25) is 0 Å². The smallest absolute Gasteiger partial charge is 0.493 e. The number of carboxylic acid groups (broad SMARTS) is 1. The Morgan fingerprint density at radius 3 is 2.64 bits per heavy atom. The van der Waals surface area contributed by atoms with Crippen LogP contribution in [0.2, 0.25) is 0 Å². The normalized spacial score (nSPS) is 11.5. The van der Waals surface area contributed by atoms with Crippen LogP contribution in [0, 0.1) is 5.82 Å². The van der Waals surface area contributed by atoms with Crippen molar-refractivity contribution >= 4 is 17.0 Å². The molecular formula is C16H11F3N2O4. The molecule has 2 N–H and O–H groups in total. The lowest BCUT2D eigenvalue weighted by molar-refractivity contribution is -0.211. The number of imidazole rings is 1. The second kappa shape index (κ2) is 6.00. The third-order valence-corrected chi connectivity index (χ3v) is 3.37. The van der Waals surface area contributed by atoms with Crippen LogP contribution in [0.3, 0.4) is 0 Å². The Balaban J connectivity index is 1.99. The molecule has 0 amide bonds.